The summed E-state index contributed by atoms with van der Waals surface area (Å²) >= 11 is 0. The number of halogens is 1. The molecule has 0 nitrogen and oxygen atoms in total. The summed E-state index contributed by atoms with van der Waals surface area (Å²) in [5.41, 5.74) is 1.95. The fourth-order valence-corrected chi connectivity index (χ4v) is 1.72. The molecule has 80 valence electrons. The fourth-order valence-electron chi connectivity index (χ4n) is 1.72. The van der Waals surface area contributed by atoms with Gasteiger partial charge in [0, 0.05) is 0 Å². The molecule has 0 spiro atoms. The van der Waals surface area contributed by atoms with Gasteiger partial charge in [0.15, 0.2) is 0 Å². The van der Waals surface area contributed by atoms with Gasteiger partial charge in [0.2, 0.25) is 0 Å². The van der Waals surface area contributed by atoms with Crippen LogP contribution in [0.4, 0.5) is 4.39 Å². The molecule has 1 aliphatic carbocycles. The third-order valence-corrected chi connectivity index (χ3v) is 2.44. The average molecular weight is 196 g/mol. The Labute approximate surface area is 87.2 Å². The quantitative estimate of drug-likeness (QED) is 0.595. The normalized spacial score (nSPS) is 21.8. The molecule has 0 amide bonds. The van der Waals surface area contributed by atoms with Crippen molar-refractivity contribution >= 4 is 0 Å². The van der Waals surface area contributed by atoms with Gasteiger partial charge in [-0.2, -0.15) is 0 Å². The van der Waals surface area contributed by atoms with Crippen LogP contribution in [0.2, 0.25) is 0 Å². The van der Waals surface area contributed by atoms with Gasteiger partial charge in [0.1, 0.15) is 5.83 Å². The SMILES string of the molecule is C=CC1=C(/C(F)=C\C)C(C)CC1.CC. The monoisotopic (exact) mass is 196 g/mol. The zero-order valence-electron chi connectivity index (χ0n) is 9.73. The van der Waals surface area contributed by atoms with Crippen LogP contribution in [0.5, 0.6) is 0 Å². The average Bonchev–Trinajstić information content (AvgIpc) is 2.61. The molecule has 0 saturated heterocycles. The molecule has 0 aromatic rings. The second-order valence-corrected chi connectivity index (χ2v) is 3.22. The van der Waals surface area contributed by atoms with Crippen LogP contribution in [0.3, 0.4) is 0 Å². The molecule has 1 aliphatic rings. The molecule has 0 aromatic carbocycles. The van der Waals surface area contributed by atoms with Crippen molar-refractivity contribution in [1.82, 2.24) is 0 Å². The molecule has 1 heteroatoms. The van der Waals surface area contributed by atoms with Crippen molar-refractivity contribution < 1.29 is 4.39 Å². The third-order valence-electron chi connectivity index (χ3n) is 2.44. The lowest BCUT2D eigenvalue weighted by atomic mass is 10.0. The molecule has 1 atom stereocenters. The maximum absolute atomic E-state index is 13.3. The van der Waals surface area contributed by atoms with Crippen molar-refractivity contribution in [3.05, 3.63) is 35.7 Å². The minimum atomic E-state index is -0.0742. The van der Waals surface area contributed by atoms with Crippen LogP contribution >= 0.6 is 0 Å². The zero-order chi connectivity index (χ0) is 11.1. The maximum atomic E-state index is 13.3. The molecular formula is C13H21F. The first-order chi connectivity index (χ1) is 6.70. The second-order valence-electron chi connectivity index (χ2n) is 3.22. The molecule has 0 saturated carbocycles. The van der Waals surface area contributed by atoms with Gasteiger partial charge in [0.05, 0.1) is 0 Å². The highest BCUT2D eigenvalue weighted by atomic mass is 19.1. The summed E-state index contributed by atoms with van der Waals surface area (Å²) in [4.78, 5) is 0. The van der Waals surface area contributed by atoms with Gasteiger partial charge in [-0.15, -0.1) is 0 Å². The van der Waals surface area contributed by atoms with Crippen LogP contribution in [-0.4, -0.2) is 0 Å². The lowest BCUT2D eigenvalue weighted by Crippen LogP contribution is -1.93. The minimum absolute atomic E-state index is 0.0742. The molecular weight excluding hydrogens is 175 g/mol. The topological polar surface area (TPSA) is 0 Å². The van der Waals surface area contributed by atoms with Crippen molar-refractivity contribution in [1.29, 1.82) is 0 Å². The number of hydrogen-bond acceptors (Lipinski definition) is 0. The summed E-state index contributed by atoms with van der Waals surface area (Å²) < 4.78 is 13.3. The van der Waals surface area contributed by atoms with Crippen LogP contribution in [0.25, 0.3) is 0 Å². The van der Waals surface area contributed by atoms with Gasteiger partial charge in [0.25, 0.3) is 0 Å². The van der Waals surface area contributed by atoms with Crippen LogP contribution in [-0.2, 0) is 0 Å². The van der Waals surface area contributed by atoms with Gasteiger partial charge in [-0.1, -0.05) is 39.5 Å². The van der Waals surface area contributed by atoms with Crippen molar-refractivity contribution in [2.75, 3.05) is 0 Å². The number of allylic oxidation sites excluding steroid dienone is 5. The molecule has 0 fully saturated rings. The van der Waals surface area contributed by atoms with Crippen molar-refractivity contribution in [2.24, 2.45) is 5.92 Å². The number of hydrogen-bond donors (Lipinski definition) is 0. The molecule has 14 heavy (non-hydrogen) atoms. The van der Waals surface area contributed by atoms with Crippen LogP contribution in [0.1, 0.15) is 40.5 Å². The van der Waals surface area contributed by atoms with Crippen molar-refractivity contribution in [2.45, 2.75) is 40.5 Å². The molecule has 1 rings (SSSR count). The first-order valence-electron chi connectivity index (χ1n) is 5.38. The third kappa shape index (κ3) is 2.83. The molecule has 0 aliphatic heterocycles. The predicted octanol–water partition coefficient (Wildman–Crippen LogP) is 4.80. The highest BCUT2D eigenvalue weighted by Crippen LogP contribution is 2.37. The Bertz CT molecular complexity index is 246. The van der Waals surface area contributed by atoms with Gasteiger partial charge in [-0.05, 0) is 36.8 Å². The second kappa shape index (κ2) is 6.58. The van der Waals surface area contributed by atoms with Gasteiger partial charge >= 0.3 is 0 Å². The smallest absolute Gasteiger partial charge is 0.122 e. The van der Waals surface area contributed by atoms with Crippen molar-refractivity contribution in [3.63, 3.8) is 0 Å². The Kier molecular flexibility index (Phi) is 6.18. The maximum Gasteiger partial charge on any atom is 0.122 e. The summed E-state index contributed by atoms with van der Waals surface area (Å²) in [5, 5.41) is 0. The van der Waals surface area contributed by atoms with E-state index in [0.29, 0.717) is 5.92 Å². The summed E-state index contributed by atoms with van der Waals surface area (Å²) in [6, 6.07) is 0. The highest BCUT2D eigenvalue weighted by Gasteiger charge is 2.22. The molecule has 0 N–H and O–H groups in total. The highest BCUT2D eigenvalue weighted by molar-refractivity contribution is 5.40. The first kappa shape index (κ1) is 13.2. The lowest BCUT2D eigenvalue weighted by molar-refractivity contribution is 0.589. The Hall–Kier alpha value is -0.850. The molecule has 1 unspecified atom stereocenters. The largest absolute Gasteiger partial charge is 0.207 e. The van der Waals surface area contributed by atoms with E-state index >= 15 is 0 Å². The summed E-state index contributed by atoms with van der Waals surface area (Å²) in [7, 11) is 0. The van der Waals surface area contributed by atoms with E-state index < -0.39 is 0 Å². The Morgan fingerprint density at radius 3 is 2.50 bits per heavy atom. The van der Waals surface area contributed by atoms with Crippen LogP contribution in [0.15, 0.2) is 35.7 Å². The first-order valence-corrected chi connectivity index (χ1v) is 5.38. The zero-order valence-corrected chi connectivity index (χ0v) is 9.73. The lowest BCUT2D eigenvalue weighted by Gasteiger charge is -2.06. The summed E-state index contributed by atoms with van der Waals surface area (Å²) in [6.07, 6.45) is 5.34. The van der Waals surface area contributed by atoms with Crippen molar-refractivity contribution in [3.8, 4) is 0 Å². The molecule has 0 aromatic heterocycles. The molecule has 0 heterocycles. The van der Waals surface area contributed by atoms with Gasteiger partial charge in [-0.3, -0.25) is 0 Å². The molecule has 0 radical (unpaired) electrons. The Morgan fingerprint density at radius 2 is 2.07 bits per heavy atom. The summed E-state index contributed by atoms with van der Waals surface area (Å²) in [6.45, 7) is 11.5. The van der Waals surface area contributed by atoms with Gasteiger partial charge < -0.3 is 0 Å². The minimum Gasteiger partial charge on any atom is -0.207 e. The van der Waals surface area contributed by atoms with E-state index in [4.69, 9.17) is 0 Å². The Morgan fingerprint density at radius 1 is 1.50 bits per heavy atom. The van der Waals surface area contributed by atoms with E-state index in [1.165, 1.54) is 6.08 Å². The number of rotatable bonds is 2. The van der Waals surface area contributed by atoms with E-state index in [1.807, 2.05) is 13.8 Å². The molecule has 0 bridgehead atoms. The standard InChI is InChI=1S/C11H15F.C2H6/c1-4-9-7-6-8(3)11(9)10(12)5-2;1-2/h4-5,8H,1,6-7H2,2-3H3;1-2H3/b10-5+;. The van der Waals surface area contributed by atoms with E-state index in [0.717, 1.165) is 24.0 Å². The van der Waals surface area contributed by atoms with E-state index in [2.05, 4.69) is 13.5 Å². The van der Waals surface area contributed by atoms with Crippen LogP contribution in [0, 0.1) is 5.92 Å². The van der Waals surface area contributed by atoms with E-state index in [-0.39, 0.29) is 5.83 Å². The van der Waals surface area contributed by atoms with Gasteiger partial charge in [-0.25, -0.2) is 4.39 Å². The predicted molar refractivity (Wildman–Crippen MR) is 61.8 cm³/mol. The fraction of sp³-hybridized carbons (Fsp3) is 0.538. The van der Waals surface area contributed by atoms with E-state index in [1.54, 1.807) is 13.0 Å². The van der Waals surface area contributed by atoms with Crippen LogP contribution < -0.4 is 0 Å². The Balaban J connectivity index is 0.000000791. The van der Waals surface area contributed by atoms with E-state index in [9.17, 15) is 4.39 Å². The summed E-state index contributed by atoms with van der Waals surface area (Å²) in [5.74, 6) is 0.282.